The van der Waals surface area contributed by atoms with E-state index in [1.54, 1.807) is 4.68 Å². The zero-order valence-electron chi connectivity index (χ0n) is 9.68. The van der Waals surface area contributed by atoms with Crippen molar-refractivity contribution in [3.8, 4) is 0 Å². The van der Waals surface area contributed by atoms with Gasteiger partial charge in [0.1, 0.15) is 0 Å². The molecule has 0 spiro atoms. The van der Waals surface area contributed by atoms with Crippen molar-refractivity contribution in [2.45, 2.75) is 12.3 Å². The zero-order chi connectivity index (χ0) is 12.3. The first kappa shape index (κ1) is 12.3. The quantitative estimate of drug-likeness (QED) is 0.936. The summed E-state index contributed by atoms with van der Waals surface area (Å²) in [7, 11) is 1.89. The van der Waals surface area contributed by atoms with Crippen molar-refractivity contribution in [3.05, 3.63) is 46.2 Å². The predicted molar refractivity (Wildman–Crippen MR) is 70.6 cm³/mol. The summed E-state index contributed by atoms with van der Waals surface area (Å²) in [6.45, 7) is 0.613. The second kappa shape index (κ2) is 5.42. The van der Waals surface area contributed by atoms with Crippen LogP contribution in [0.1, 0.15) is 17.2 Å². The normalized spacial score (nSPS) is 12.6. The first-order valence-corrected chi connectivity index (χ1v) is 6.30. The summed E-state index contributed by atoms with van der Waals surface area (Å²) in [4.78, 5) is 0. The first-order valence-electron chi connectivity index (χ1n) is 5.51. The Morgan fingerprint density at radius 2 is 2.06 bits per heavy atom. The molecule has 1 atom stereocenters. The Balaban J connectivity index is 2.22. The van der Waals surface area contributed by atoms with E-state index in [9.17, 15) is 0 Å². The summed E-state index contributed by atoms with van der Waals surface area (Å²) in [5, 5.41) is 7.96. The van der Waals surface area contributed by atoms with Gasteiger partial charge in [-0.2, -0.15) is 0 Å². The topological polar surface area (TPSA) is 56.7 Å². The second-order valence-electron chi connectivity index (χ2n) is 4.00. The van der Waals surface area contributed by atoms with Gasteiger partial charge in [0.25, 0.3) is 0 Å². The summed E-state index contributed by atoms with van der Waals surface area (Å²) in [6.07, 6.45) is 0.838. The lowest BCUT2D eigenvalue weighted by molar-refractivity contribution is 0.620. The van der Waals surface area contributed by atoms with Crippen molar-refractivity contribution in [2.75, 3.05) is 6.54 Å². The van der Waals surface area contributed by atoms with Gasteiger partial charge in [-0.25, -0.2) is 0 Å². The Morgan fingerprint density at radius 1 is 1.35 bits per heavy atom. The third-order valence-corrected chi connectivity index (χ3v) is 3.51. The molecule has 0 fully saturated rings. The SMILES string of the molecule is Cn1nnc(Br)c1CC(CN)c1ccccc1. The lowest BCUT2D eigenvalue weighted by Crippen LogP contribution is -2.16. The zero-order valence-corrected chi connectivity index (χ0v) is 11.3. The lowest BCUT2D eigenvalue weighted by Gasteiger charge is -2.15. The second-order valence-corrected chi connectivity index (χ2v) is 4.75. The van der Waals surface area contributed by atoms with Gasteiger partial charge in [-0.3, -0.25) is 4.68 Å². The van der Waals surface area contributed by atoms with Crippen LogP contribution in [-0.4, -0.2) is 21.5 Å². The van der Waals surface area contributed by atoms with E-state index in [0.29, 0.717) is 12.5 Å². The molecule has 1 aromatic heterocycles. The Morgan fingerprint density at radius 3 is 2.59 bits per heavy atom. The van der Waals surface area contributed by atoms with E-state index in [1.165, 1.54) is 5.56 Å². The third-order valence-electron chi connectivity index (χ3n) is 2.89. The van der Waals surface area contributed by atoms with Crippen molar-refractivity contribution in [3.63, 3.8) is 0 Å². The Labute approximate surface area is 109 Å². The van der Waals surface area contributed by atoms with Crippen LogP contribution in [0.4, 0.5) is 0 Å². The number of aromatic nitrogens is 3. The van der Waals surface area contributed by atoms with Crippen LogP contribution in [0.3, 0.4) is 0 Å². The standard InChI is InChI=1S/C12H15BrN4/c1-17-11(12(13)15-16-17)7-10(8-14)9-5-3-2-4-6-9/h2-6,10H,7-8,14H2,1H3. The molecule has 0 radical (unpaired) electrons. The van der Waals surface area contributed by atoms with Gasteiger partial charge in [0, 0.05) is 19.4 Å². The molecule has 0 saturated carbocycles. The van der Waals surface area contributed by atoms with Crippen LogP contribution < -0.4 is 5.73 Å². The highest BCUT2D eigenvalue weighted by atomic mass is 79.9. The number of aryl methyl sites for hydroxylation is 1. The van der Waals surface area contributed by atoms with E-state index in [4.69, 9.17) is 5.73 Å². The number of halogens is 1. The molecule has 2 rings (SSSR count). The molecule has 17 heavy (non-hydrogen) atoms. The summed E-state index contributed by atoms with van der Waals surface area (Å²) >= 11 is 3.41. The lowest BCUT2D eigenvalue weighted by atomic mass is 9.94. The van der Waals surface area contributed by atoms with Gasteiger partial charge >= 0.3 is 0 Å². The molecular formula is C12H15BrN4. The molecule has 0 saturated heterocycles. The number of hydrogen-bond acceptors (Lipinski definition) is 3. The molecule has 0 bridgehead atoms. The maximum absolute atomic E-state index is 5.86. The fourth-order valence-electron chi connectivity index (χ4n) is 1.86. The highest BCUT2D eigenvalue weighted by molar-refractivity contribution is 9.10. The van der Waals surface area contributed by atoms with Gasteiger partial charge in [-0.05, 0) is 28.0 Å². The monoisotopic (exact) mass is 294 g/mol. The fraction of sp³-hybridized carbons (Fsp3) is 0.333. The van der Waals surface area contributed by atoms with Crippen molar-refractivity contribution in [1.29, 1.82) is 0 Å². The Bertz CT molecular complexity index is 461. The molecular weight excluding hydrogens is 280 g/mol. The molecule has 0 amide bonds. The first-order chi connectivity index (χ1) is 8.22. The molecule has 4 nitrogen and oxygen atoms in total. The minimum Gasteiger partial charge on any atom is -0.330 e. The molecule has 5 heteroatoms. The highest BCUT2D eigenvalue weighted by Gasteiger charge is 2.16. The van der Waals surface area contributed by atoms with Gasteiger partial charge in [-0.15, -0.1) is 5.10 Å². The summed E-state index contributed by atoms with van der Waals surface area (Å²) in [5.74, 6) is 0.296. The molecule has 0 aliphatic rings. The van der Waals surface area contributed by atoms with Crippen LogP contribution in [-0.2, 0) is 13.5 Å². The van der Waals surface area contributed by atoms with Crippen LogP contribution in [0, 0.1) is 0 Å². The molecule has 2 N–H and O–H groups in total. The maximum Gasteiger partial charge on any atom is 0.151 e. The van der Waals surface area contributed by atoms with Gasteiger partial charge < -0.3 is 5.73 Å². The Hall–Kier alpha value is -1.20. The van der Waals surface area contributed by atoms with E-state index in [-0.39, 0.29) is 0 Å². The average molecular weight is 295 g/mol. The number of rotatable bonds is 4. The average Bonchev–Trinajstić information content (AvgIpc) is 2.68. The van der Waals surface area contributed by atoms with Crippen molar-refractivity contribution in [1.82, 2.24) is 15.0 Å². The van der Waals surface area contributed by atoms with Gasteiger partial charge in [0.15, 0.2) is 4.60 Å². The van der Waals surface area contributed by atoms with Gasteiger partial charge in [0.05, 0.1) is 5.69 Å². The third kappa shape index (κ3) is 2.73. The molecule has 0 aliphatic heterocycles. The minimum atomic E-state index is 0.296. The largest absolute Gasteiger partial charge is 0.330 e. The van der Waals surface area contributed by atoms with Crippen LogP contribution in [0.25, 0.3) is 0 Å². The number of benzene rings is 1. The molecule has 1 heterocycles. The Kier molecular flexibility index (Phi) is 3.91. The van der Waals surface area contributed by atoms with Crippen LogP contribution in [0.5, 0.6) is 0 Å². The fourth-order valence-corrected chi connectivity index (χ4v) is 2.35. The van der Waals surface area contributed by atoms with E-state index in [2.05, 4.69) is 38.4 Å². The molecule has 2 aromatic rings. The number of nitrogens with zero attached hydrogens (tertiary/aromatic N) is 3. The highest BCUT2D eigenvalue weighted by Crippen LogP contribution is 2.22. The molecule has 90 valence electrons. The van der Waals surface area contributed by atoms with E-state index in [0.717, 1.165) is 16.7 Å². The van der Waals surface area contributed by atoms with Crippen molar-refractivity contribution >= 4 is 15.9 Å². The summed E-state index contributed by atoms with van der Waals surface area (Å²) in [5.41, 5.74) is 8.18. The van der Waals surface area contributed by atoms with Gasteiger partial charge in [0.2, 0.25) is 0 Å². The summed E-state index contributed by atoms with van der Waals surface area (Å²) in [6, 6.07) is 10.3. The summed E-state index contributed by atoms with van der Waals surface area (Å²) < 4.78 is 2.59. The van der Waals surface area contributed by atoms with E-state index >= 15 is 0 Å². The molecule has 1 unspecified atom stereocenters. The van der Waals surface area contributed by atoms with Crippen molar-refractivity contribution < 1.29 is 0 Å². The number of nitrogens with two attached hydrogens (primary N) is 1. The van der Waals surface area contributed by atoms with Crippen LogP contribution in [0.15, 0.2) is 34.9 Å². The van der Waals surface area contributed by atoms with E-state index < -0.39 is 0 Å². The predicted octanol–water partition coefficient (Wildman–Crippen LogP) is 1.86. The minimum absolute atomic E-state index is 0.296. The van der Waals surface area contributed by atoms with Crippen molar-refractivity contribution in [2.24, 2.45) is 12.8 Å². The van der Waals surface area contributed by atoms with Gasteiger partial charge in [-0.1, -0.05) is 35.5 Å². The number of hydrogen-bond donors (Lipinski definition) is 1. The molecule has 1 aromatic carbocycles. The van der Waals surface area contributed by atoms with Crippen LogP contribution >= 0.6 is 15.9 Å². The van der Waals surface area contributed by atoms with Crippen LogP contribution in [0.2, 0.25) is 0 Å². The maximum atomic E-state index is 5.86. The smallest absolute Gasteiger partial charge is 0.151 e. The molecule has 0 aliphatic carbocycles. The van der Waals surface area contributed by atoms with E-state index in [1.807, 2.05) is 25.2 Å².